The summed E-state index contributed by atoms with van der Waals surface area (Å²) in [6.07, 6.45) is 2.17. The normalized spacial score (nSPS) is 11.9. The van der Waals surface area contributed by atoms with Crippen LogP contribution in [0.25, 0.3) is 0 Å². The topological polar surface area (TPSA) is 29.5 Å². The summed E-state index contributed by atoms with van der Waals surface area (Å²) in [5, 5.41) is 0. The molecule has 0 amide bonds. The third-order valence-electron chi connectivity index (χ3n) is 2.83. The van der Waals surface area contributed by atoms with Crippen molar-refractivity contribution in [2.75, 3.05) is 54.4 Å². The molecule has 0 aromatic heterocycles. The van der Waals surface area contributed by atoms with Gasteiger partial charge in [-0.2, -0.15) is 0 Å². The predicted molar refractivity (Wildman–Crippen MR) is 71.2 cm³/mol. The molecule has 0 unspecified atom stereocenters. The number of nitrogens with zero attached hydrogens (tertiary/aromatic N) is 2. The molecule has 0 radical (unpaired) electrons. The molecule has 0 aromatic rings. The van der Waals surface area contributed by atoms with Gasteiger partial charge in [0.15, 0.2) is 0 Å². The second-order valence-corrected chi connectivity index (χ2v) is 6.17. The van der Waals surface area contributed by atoms with Gasteiger partial charge in [-0.15, -0.1) is 0 Å². The summed E-state index contributed by atoms with van der Waals surface area (Å²) in [6, 6.07) is 0. The number of quaternary nitrogens is 1. The minimum atomic E-state index is -0.0328. The summed E-state index contributed by atoms with van der Waals surface area (Å²) >= 11 is 0.899. The molecule has 5 heteroatoms. The van der Waals surface area contributed by atoms with Crippen LogP contribution in [-0.4, -0.2) is 97.7 Å². The van der Waals surface area contributed by atoms with E-state index < -0.39 is 0 Å². The van der Waals surface area contributed by atoms with E-state index in [0.717, 1.165) is 51.9 Å². The molecule has 0 fully saturated rings. The molecule has 0 heterocycles. The van der Waals surface area contributed by atoms with Gasteiger partial charge in [-0.05, 0) is 0 Å². The van der Waals surface area contributed by atoms with Gasteiger partial charge in [-0.25, -0.2) is 0 Å². The molecule has 4 nitrogen and oxygen atoms in total. The molecule has 0 N–H and O–H groups in total. The van der Waals surface area contributed by atoms with Crippen molar-refractivity contribution in [3.05, 3.63) is 0 Å². The van der Waals surface area contributed by atoms with Gasteiger partial charge in [0.2, 0.25) is 0 Å². The van der Waals surface area contributed by atoms with Crippen molar-refractivity contribution in [3.63, 3.8) is 0 Å². The second-order valence-electron chi connectivity index (χ2n) is 5.47. The van der Waals surface area contributed by atoms with Crippen LogP contribution >= 0.6 is 0 Å². The fraction of sp³-hybridized carbons (Fsp3) is 0.917. The van der Waals surface area contributed by atoms with Crippen molar-refractivity contribution in [2.45, 2.75) is 16.5 Å². The van der Waals surface area contributed by atoms with Crippen molar-refractivity contribution in [3.8, 4) is 0 Å². The monoisotopic (exact) mass is 253 g/mol. The van der Waals surface area contributed by atoms with Crippen LogP contribution in [0.15, 0.2) is 0 Å². The molecule has 0 atom stereocenters. The van der Waals surface area contributed by atoms with Gasteiger partial charge in [0, 0.05) is 0 Å². The van der Waals surface area contributed by atoms with E-state index >= 15 is 0 Å². The van der Waals surface area contributed by atoms with Crippen molar-refractivity contribution in [1.82, 2.24) is 4.90 Å². The van der Waals surface area contributed by atoms with Crippen LogP contribution in [0.2, 0.25) is 3.67 Å². The summed E-state index contributed by atoms with van der Waals surface area (Å²) in [4.78, 5) is 13.2. The van der Waals surface area contributed by atoms with Crippen molar-refractivity contribution >= 4 is 33.9 Å². The van der Waals surface area contributed by atoms with E-state index in [1.807, 2.05) is 0 Å². The fourth-order valence-electron chi connectivity index (χ4n) is 1.71. The first kappa shape index (κ1) is 17.4. The third kappa shape index (κ3) is 11.2. The number of hydrogen-bond acceptors (Lipinski definition) is 3. The van der Waals surface area contributed by atoms with Crippen LogP contribution in [-0.2, 0) is 9.53 Å². The molecule has 0 aliphatic carbocycles. The van der Waals surface area contributed by atoms with Crippen LogP contribution in [0.3, 0.4) is 0 Å². The number of carbonyl (C=O) groups excluding carboxylic acids is 1. The van der Waals surface area contributed by atoms with Crippen molar-refractivity contribution in [1.29, 1.82) is 0 Å². The van der Waals surface area contributed by atoms with E-state index in [0.29, 0.717) is 10.3 Å². The molecule has 0 aliphatic heterocycles. The van der Waals surface area contributed by atoms with E-state index in [1.54, 1.807) is 0 Å². The quantitative estimate of drug-likeness (QED) is 0.260. The number of carbonyl (C=O) groups is 1. The first-order valence-electron chi connectivity index (χ1n) is 6.50. The molecule has 0 saturated carbocycles. The number of esters is 1. The average Bonchev–Trinajstić information content (AvgIpc) is 2.23. The maximum atomic E-state index is 11.0. The SMILES string of the molecule is CN(C)CCC[N+](C)(C)CCCOC(=O)[CH2][Na]. The summed E-state index contributed by atoms with van der Waals surface area (Å²) in [7, 11) is 8.69. The molecule has 0 spiro atoms. The average molecular weight is 253 g/mol. The van der Waals surface area contributed by atoms with E-state index in [2.05, 4.69) is 33.1 Å². The van der Waals surface area contributed by atoms with Crippen LogP contribution in [0.4, 0.5) is 0 Å². The Morgan fingerprint density at radius 1 is 1.24 bits per heavy atom. The third-order valence-corrected chi connectivity index (χ3v) is 3.41. The molecule has 0 saturated heterocycles. The minimum absolute atomic E-state index is 0.0328. The van der Waals surface area contributed by atoms with Crippen LogP contribution in [0, 0.1) is 0 Å². The maximum absolute atomic E-state index is 11.0. The second kappa shape index (κ2) is 9.34. The number of ether oxygens (including phenoxy) is 1. The standard InChI is InChI=1S/C12H26N2O2.Na/c1-12(15)16-11-7-10-14(4,5)9-6-8-13(2)3;/h1,6-11H2,2-5H3;/q+1;. The zero-order valence-corrected chi connectivity index (χ0v) is 14.2. The van der Waals surface area contributed by atoms with E-state index in [9.17, 15) is 4.79 Å². The summed E-state index contributed by atoms with van der Waals surface area (Å²) < 4.78 is 6.73. The van der Waals surface area contributed by atoms with E-state index in [1.165, 1.54) is 13.0 Å². The molecule has 17 heavy (non-hydrogen) atoms. The van der Waals surface area contributed by atoms with Crippen molar-refractivity contribution in [2.24, 2.45) is 0 Å². The van der Waals surface area contributed by atoms with Gasteiger partial charge < -0.3 is 0 Å². The number of hydrogen-bond donors (Lipinski definition) is 0. The first-order valence-corrected chi connectivity index (χ1v) is 7.91. The van der Waals surface area contributed by atoms with Gasteiger partial charge in [0.05, 0.1) is 0 Å². The zero-order chi connectivity index (χ0) is 13.3. The van der Waals surface area contributed by atoms with Gasteiger partial charge in [0.25, 0.3) is 0 Å². The molecule has 96 valence electrons. The summed E-state index contributed by atoms with van der Waals surface area (Å²) in [6.45, 7) is 3.96. The van der Waals surface area contributed by atoms with Gasteiger partial charge in [0.1, 0.15) is 0 Å². The summed E-state index contributed by atoms with van der Waals surface area (Å²) in [5.74, 6) is -0.0328. The Morgan fingerprint density at radius 3 is 2.35 bits per heavy atom. The van der Waals surface area contributed by atoms with Crippen molar-refractivity contribution < 1.29 is 14.0 Å². The summed E-state index contributed by atoms with van der Waals surface area (Å²) in [5.41, 5.74) is 0. The zero-order valence-electron chi connectivity index (χ0n) is 12.2. The van der Waals surface area contributed by atoms with E-state index in [-0.39, 0.29) is 5.97 Å². The van der Waals surface area contributed by atoms with E-state index in [4.69, 9.17) is 4.74 Å². The molecule has 0 bridgehead atoms. The molecule has 0 aromatic carbocycles. The molecular formula is C12H26N2NaO2+. The number of rotatable bonds is 9. The fourth-order valence-corrected chi connectivity index (χ4v) is 1.91. The van der Waals surface area contributed by atoms with Gasteiger partial charge in [-0.1, -0.05) is 0 Å². The van der Waals surface area contributed by atoms with Crippen LogP contribution in [0.5, 0.6) is 0 Å². The van der Waals surface area contributed by atoms with Crippen LogP contribution in [0.1, 0.15) is 12.8 Å². The Kier molecular flexibility index (Phi) is 9.55. The Morgan fingerprint density at radius 2 is 1.82 bits per heavy atom. The van der Waals surface area contributed by atoms with Gasteiger partial charge >= 0.3 is 124 Å². The Bertz CT molecular complexity index is 221. The first-order chi connectivity index (χ1) is 7.87. The predicted octanol–water partition coefficient (Wildman–Crippen LogP) is 0.535. The van der Waals surface area contributed by atoms with Crippen LogP contribution < -0.4 is 0 Å². The Hall–Kier alpha value is 0.390. The molecular weight excluding hydrogens is 227 g/mol. The molecule has 0 aliphatic rings. The molecule has 0 rings (SSSR count). The Balaban J connectivity index is 3.59. The Labute approximate surface area is 123 Å². The van der Waals surface area contributed by atoms with Gasteiger partial charge in [-0.3, -0.25) is 0 Å².